The van der Waals surface area contributed by atoms with Gasteiger partial charge in [-0.25, -0.2) is 0 Å². The first kappa shape index (κ1) is 16.8. The van der Waals surface area contributed by atoms with Crippen LogP contribution in [0.4, 0.5) is 11.4 Å². The molecule has 2 aromatic rings. The second-order valence-corrected chi connectivity index (χ2v) is 5.71. The molecular weight excluding hydrogens is 320 g/mol. The maximum Gasteiger partial charge on any atom is 0.316 e. The van der Waals surface area contributed by atoms with Gasteiger partial charge in [0.2, 0.25) is 0 Å². The number of nitrogens with one attached hydrogen (secondary N) is 1. The Bertz CT molecular complexity index is 804. The Morgan fingerprint density at radius 2 is 1.80 bits per heavy atom. The molecule has 0 aliphatic carbocycles. The summed E-state index contributed by atoms with van der Waals surface area (Å²) in [6.45, 7) is 0.537. The van der Waals surface area contributed by atoms with E-state index in [4.69, 9.17) is 9.47 Å². The lowest BCUT2D eigenvalue weighted by molar-refractivity contribution is -0.134. The number of aryl methyl sites for hydroxylation is 1. The molecule has 0 radical (unpaired) electrons. The highest BCUT2D eigenvalue weighted by Gasteiger charge is 2.27. The number of nitrogens with zero attached hydrogens (tertiary/aromatic N) is 1. The molecule has 0 fully saturated rings. The van der Waals surface area contributed by atoms with Gasteiger partial charge in [0.15, 0.2) is 11.5 Å². The van der Waals surface area contributed by atoms with Crippen LogP contribution in [-0.2, 0) is 16.0 Å². The zero-order valence-electron chi connectivity index (χ0n) is 14.2. The average Bonchev–Trinajstić information content (AvgIpc) is 2.66. The minimum Gasteiger partial charge on any atom is -0.493 e. The van der Waals surface area contributed by atoms with Crippen LogP contribution in [0.2, 0.25) is 0 Å². The van der Waals surface area contributed by atoms with Gasteiger partial charge in [-0.15, -0.1) is 0 Å². The summed E-state index contributed by atoms with van der Waals surface area (Å²) >= 11 is 0. The molecule has 0 aromatic heterocycles. The van der Waals surface area contributed by atoms with Crippen molar-refractivity contribution in [1.82, 2.24) is 0 Å². The first-order valence-corrected chi connectivity index (χ1v) is 8.07. The number of benzene rings is 2. The summed E-state index contributed by atoms with van der Waals surface area (Å²) in [4.78, 5) is 26.5. The minimum atomic E-state index is -0.677. The smallest absolute Gasteiger partial charge is 0.316 e. The average molecular weight is 340 g/mol. The lowest BCUT2D eigenvalue weighted by Crippen LogP contribution is -2.42. The number of carbonyl (C=O) groups is 2. The molecule has 2 aromatic carbocycles. The zero-order valence-corrected chi connectivity index (χ0v) is 14.2. The predicted octanol–water partition coefficient (Wildman–Crippen LogP) is 2.62. The first-order valence-electron chi connectivity index (χ1n) is 8.07. The molecule has 0 spiro atoms. The second kappa shape index (κ2) is 7.25. The van der Waals surface area contributed by atoms with Gasteiger partial charge in [0.25, 0.3) is 0 Å². The highest BCUT2D eigenvalue weighted by atomic mass is 16.5. The molecule has 130 valence electrons. The van der Waals surface area contributed by atoms with Crippen LogP contribution < -0.4 is 19.7 Å². The van der Waals surface area contributed by atoms with Crippen molar-refractivity contribution in [1.29, 1.82) is 0 Å². The van der Waals surface area contributed by atoms with Crippen LogP contribution in [0.3, 0.4) is 0 Å². The molecule has 1 aliphatic heterocycles. The molecule has 0 unspecified atom stereocenters. The Labute approximate surface area is 146 Å². The summed E-state index contributed by atoms with van der Waals surface area (Å²) in [5, 5.41) is 2.63. The van der Waals surface area contributed by atoms with Gasteiger partial charge in [0, 0.05) is 24.0 Å². The largest absolute Gasteiger partial charge is 0.493 e. The molecule has 2 amide bonds. The van der Waals surface area contributed by atoms with E-state index in [2.05, 4.69) is 5.32 Å². The first-order chi connectivity index (χ1) is 12.1. The van der Waals surface area contributed by atoms with Gasteiger partial charge in [-0.2, -0.15) is 0 Å². The third-order valence-electron chi connectivity index (χ3n) is 4.19. The number of ether oxygens (including phenoxy) is 2. The molecule has 3 rings (SSSR count). The molecule has 0 bridgehead atoms. The fourth-order valence-corrected chi connectivity index (χ4v) is 2.97. The lowest BCUT2D eigenvalue weighted by atomic mass is 10.0. The molecule has 1 N–H and O–H groups in total. The summed E-state index contributed by atoms with van der Waals surface area (Å²) in [5.41, 5.74) is 2.36. The molecular formula is C19H20N2O4. The SMILES string of the molecule is COc1ccc(NC(=O)C(=O)N2CCCc3ccccc32)cc1OC. The summed E-state index contributed by atoms with van der Waals surface area (Å²) in [5.74, 6) is -0.210. The normalized spacial score (nSPS) is 13.0. The highest BCUT2D eigenvalue weighted by Crippen LogP contribution is 2.30. The van der Waals surface area contributed by atoms with E-state index in [0.717, 1.165) is 24.1 Å². The molecule has 0 saturated carbocycles. The topological polar surface area (TPSA) is 67.9 Å². The van der Waals surface area contributed by atoms with Gasteiger partial charge in [0.05, 0.1) is 14.2 Å². The maximum absolute atomic E-state index is 12.6. The van der Waals surface area contributed by atoms with Gasteiger partial charge >= 0.3 is 11.8 Å². The fraction of sp³-hybridized carbons (Fsp3) is 0.263. The van der Waals surface area contributed by atoms with Gasteiger partial charge in [-0.1, -0.05) is 18.2 Å². The Hall–Kier alpha value is -3.02. The van der Waals surface area contributed by atoms with Crippen molar-refractivity contribution in [3.8, 4) is 11.5 Å². The van der Waals surface area contributed by atoms with E-state index in [1.54, 1.807) is 18.2 Å². The number of rotatable bonds is 3. The molecule has 25 heavy (non-hydrogen) atoms. The van der Waals surface area contributed by atoms with Crippen LogP contribution in [0.15, 0.2) is 42.5 Å². The number of methoxy groups -OCH3 is 2. The summed E-state index contributed by atoms with van der Waals surface area (Å²) in [6.07, 6.45) is 1.75. The zero-order chi connectivity index (χ0) is 17.8. The lowest BCUT2D eigenvalue weighted by Gasteiger charge is -2.28. The van der Waals surface area contributed by atoms with E-state index in [-0.39, 0.29) is 0 Å². The molecule has 1 heterocycles. The van der Waals surface area contributed by atoms with Crippen LogP contribution >= 0.6 is 0 Å². The quantitative estimate of drug-likeness (QED) is 0.872. The fourth-order valence-electron chi connectivity index (χ4n) is 2.97. The molecule has 6 nitrogen and oxygen atoms in total. The van der Waals surface area contributed by atoms with Crippen molar-refractivity contribution >= 4 is 23.2 Å². The number of fused-ring (bicyclic) bond motifs is 1. The monoisotopic (exact) mass is 340 g/mol. The number of anilines is 2. The molecule has 6 heteroatoms. The van der Waals surface area contributed by atoms with Crippen molar-refractivity contribution in [2.24, 2.45) is 0 Å². The van der Waals surface area contributed by atoms with E-state index >= 15 is 0 Å². The van der Waals surface area contributed by atoms with E-state index in [1.165, 1.54) is 19.1 Å². The third-order valence-corrected chi connectivity index (χ3v) is 4.19. The standard InChI is InChI=1S/C19H20N2O4/c1-24-16-10-9-14(12-17(16)25-2)20-18(22)19(23)21-11-5-7-13-6-3-4-8-15(13)21/h3-4,6,8-10,12H,5,7,11H2,1-2H3,(H,20,22). The van der Waals surface area contributed by atoms with Crippen LogP contribution in [-0.4, -0.2) is 32.6 Å². The van der Waals surface area contributed by atoms with E-state index in [9.17, 15) is 9.59 Å². The highest BCUT2D eigenvalue weighted by molar-refractivity contribution is 6.44. The van der Waals surface area contributed by atoms with Crippen LogP contribution in [0, 0.1) is 0 Å². The van der Waals surface area contributed by atoms with Crippen molar-refractivity contribution in [2.75, 3.05) is 31.0 Å². The molecule has 1 aliphatic rings. The maximum atomic E-state index is 12.6. The van der Waals surface area contributed by atoms with Crippen molar-refractivity contribution in [3.63, 3.8) is 0 Å². The Balaban J connectivity index is 1.77. The van der Waals surface area contributed by atoms with Gasteiger partial charge in [-0.3, -0.25) is 9.59 Å². The second-order valence-electron chi connectivity index (χ2n) is 5.71. The van der Waals surface area contributed by atoms with Gasteiger partial charge in [-0.05, 0) is 36.6 Å². The van der Waals surface area contributed by atoms with Crippen LogP contribution in [0.25, 0.3) is 0 Å². The van der Waals surface area contributed by atoms with E-state index in [0.29, 0.717) is 23.7 Å². The predicted molar refractivity (Wildman–Crippen MR) is 95.3 cm³/mol. The van der Waals surface area contributed by atoms with Crippen molar-refractivity contribution < 1.29 is 19.1 Å². The van der Waals surface area contributed by atoms with Gasteiger partial charge < -0.3 is 19.7 Å². The number of para-hydroxylation sites is 1. The number of hydrogen-bond acceptors (Lipinski definition) is 4. The Morgan fingerprint density at radius 1 is 1.04 bits per heavy atom. The summed E-state index contributed by atoms with van der Waals surface area (Å²) in [7, 11) is 3.05. The number of hydrogen-bond donors (Lipinski definition) is 1. The van der Waals surface area contributed by atoms with Gasteiger partial charge in [0.1, 0.15) is 0 Å². The number of amides is 2. The summed E-state index contributed by atoms with van der Waals surface area (Å²) in [6, 6.07) is 12.6. The van der Waals surface area contributed by atoms with E-state index in [1.807, 2.05) is 24.3 Å². The third kappa shape index (κ3) is 3.42. The molecule has 0 saturated heterocycles. The number of carbonyl (C=O) groups excluding carboxylic acids is 2. The molecule has 0 atom stereocenters. The minimum absolute atomic E-state index is 0.473. The van der Waals surface area contributed by atoms with Crippen LogP contribution in [0.1, 0.15) is 12.0 Å². The van der Waals surface area contributed by atoms with Crippen LogP contribution in [0.5, 0.6) is 11.5 Å². The van der Waals surface area contributed by atoms with Crippen molar-refractivity contribution in [3.05, 3.63) is 48.0 Å². The Kier molecular flexibility index (Phi) is 4.88. The van der Waals surface area contributed by atoms with E-state index < -0.39 is 11.8 Å². The summed E-state index contributed by atoms with van der Waals surface area (Å²) < 4.78 is 10.4. The van der Waals surface area contributed by atoms with Crippen molar-refractivity contribution in [2.45, 2.75) is 12.8 Å². The Morgan fingerprint density at radius 3 is 2.56 bits per heavy atom.